The highest BCUT2D eigenvalue weighted by Crippen LogP contribution is 2.27. The van der Waals surface area contributed by atoms with Gasteiger partial charge in [-0.25, -0.2) is 0 Å². The predicted octanol–water partition coefficient (Wildman–Crippen LogP) is 2.28. The molecule has 0 atom stereocenters. The van der Waals surface area contributed by atoms with Crippen LogP contribution in [0.4, 0.5) is 5.69 Å². The number of anilines is 1. The zero-order valence-electron chi connectivity index (χ0n) is 15.1. The van der Waals surface area contributed by atoms with Crippen LogP contribution in [0.2, 0.25) is 0 Å². The highest BCUT2D eigenvalue weighted by molar-refractivity contribution is 6.04. The predicted molar refractivity (Wildman–Crippen MR) is 97.6 cm³/mol. The summed E-state index contributed by atoms with van der Waals surface area (Å²) in [4.78, 5) is 14.7. The van der Waals surface area contributed by atoms with Gasteiger partial charge in [0, 0.05) is 38.1 Å². The van der Waals surface area contributed by atoms with E-state index in [4.69, 9.17) is 0 Å². The smallest absolute Gasteiger partial charge is 0.258 e. The van der Waals surface area contributed by atoms with E-state index in [0.717, 1.165) is 31.7 Å². The lowest BCUT2D eigenvalue weighted by molar-refractivity contribution is 0.0318. The molecule has 1 aromatic heterocycles. The first-order chi connectivity index (χ1) is 11.9. The number of rotatable bonds is 5. The average molecular weight is 342 g/mol. The fourth-order valence-corrected chi connectivity index (χ4v) is 3.32. The Balaban J connectivity index is 1.74. The van der Waals surface area contributed by atoms with Crippen molar-refractivity contribution in [3.05, 3.63) is 47.3 Å². The minimum Gasteiger partial charge on any atom is -0.389 e. The standard InChI is InChI=1S/C19H26N4O2/c1-4-23-12-15(10-20-23)18(24)21-17-7-5-6-14-11-22(9-8-16(14)17)13-19(2,3)25/h5-7,10,12,25H,4,8-9,11,13H2,1-3H3,(H,21,24). The Morgan fingerprint density at radius 1 is 1.40 bits per heavy atom. The van der Waals surface area contributed by atoms with Crippen LogP contribution in [0.15, 0.2) is 30.6 Å². The number of carbonyl (C=O) groups is 1. The molecule has 1 aromatic carbocycles. The average Bonchev–Trinajstić information content (AvgIpc) is 3.02. The lowest BCUT2D eigenvalue weighted by Crippen LogP contribution is -2.41. The van der Waals surface area contributed by atoms with E-state index >= 15 is 0 Å². The van der Waals surface area contributed by atoms with Crippen molar-refractivity contribution in [1.29, 1.82) is 0 Å². The summed E-state index contributed by atoms with van der Waals surface area (Å²) in [5, 5.41) is 17.2. The van der Waals surface area contributed by atoms with Gasteiger partial charge in [-0.2, -0.15) is 5.10 Å². The molecule has 1 amide bonds. The Kier molecular flexibility index (Phi) is 4.92. The second-order valence-electron chi connectivity index (χ2n) is 7.26. The van der Waals surface area contributed by atoms with E-state index < -0.39 is 5.60 Å². The van der Waals surface area contributed by atoms with Gasteiger partial charge in [0.1, 0.15) is 0 Å². The van der Waals surface area contributed by atoms with Crippen molar-refractivity contribution in [2.24, 2.45) is 0 Å². The van der Waals surface area contributed by atoms with E-state index in [1.807, 2.05) is 32.9 Å². The van der Waals surface area contributed by atoms with Crippen LogP contribution in [0.5, 0.6) is 0 Å². The molecule has 3 rings (SSSR count). The molecule has 0 fully saturated rings. The van der Waals surface area contributed by atoms with E-state index in [1.54, 1.807) is 17.1 Å². The maximum Gasteiger partial charge on any atom is 0.258 e. The highest BCUT2D eigenvalue weighted by atomic mass is 16.3. The molecular formula is C19H26N4O2. The molecule has 6 heteroatoms. The third kappa shape index (κ3) is 4.27. The Labute approximate surface area is 148 Å². The Morgan fingerprint density at radius 2 is 2.20 bits per heavy atom. The summed E-state index contributed by atoms with van der Waals surface area (Å²) in [5.74, 6) is -0.132. The molecule has 2 N–H and O–H groups in total. The summed E-state index contributed by atoms with van der Waals surface area (Å²) in [6, 6.07) is 6.01. The van der Waals surface area contributed by atoms with Crippen molar-refractivity contribution in [2.45, 2.75) is 45.9 Å². The molecule has 6 nitrogen and oxygen atoms in total. The SMILES string of the molecule is CCn1cc(C(=O)Nc2cccc3c2CCN(CC(C)(C)O)C3)cn1. The molecule has 0 saturated heterocycles. The van der Waals surface area contributed by atoms with Crippen LogP contribution in [-0.4, -0.2) is 44.4 Å². The van der Waals surface area contributed by atoms with E-state index in [-0.39, 0.29) is 5.91 Å². The summed E-state index contributed by atoms with van der Waals surface area (Å²) in [6.07, 6.45) is 4.21. The molecule has 1 aliphatic rings. The number of β-amino-alcohol motifs (C(OH)–C–C–N with tert-alkyl or cyclic N) is 1. The first kappa shape index (κ1) is 17.6. The Bertz CT molecular complexity index is 761. The van der Waals surface area contributed by atoms with Crippen LogP contribution in [0.3, 0.4) is 0 Å². The van der Waals surface area contributed by atoms with Gasteiger partial charge in [-0.1, -0.05) is 12.1 Å². The zero-order valence-corrected chi connectivity index (χ0v) is 15.1. The van der Waals surface area contributed by atoms with E-state index in [2.05, 4.69) is 21.4 Å². The quantitative estimate of drug-likeness (QED) is 0.875. The van der Waals surface area contributed by atoms with Crippen molar-refractivity contribution in [2.75, 3.05) is 18.4 Å². The molecule has 0 unspecified atom stereocenters. The third-order valence-corrected chi connectivity index (χ3v) is 4.42. The Morgan fingerprint density at radius 3 is 2.88 bits per heavy atom. The van der Waals surface area contributed by atoms with Gasteiger partial charge in [0.15, 0.2) is 0 Å². The van der Waals surface area contributed by atoms with Crippen LogP contribution in [-0.2, 0) is 19.5 Å². The third-order valence-electron chi connectivity index (χ3n) is 4.42. The van der Waals surface area contributed by atoms with Gasteiger partial charge in [0.05, 0.1) is 17.4 Å². The topological polar surface area (TPSA) is 70.4 Å². The molecule has 0 bridgehead atoms. The normalized spacial score (nSPS) is 15.0. The number of fused-ring (bicyclic) bond motifs is 1. The maximum absolute atomic E-state index is 12.5. The molecular weight excluding hydrogens is 316 g/mol. The van der Waals surface area contributed by atoms with Gasteiger partial charge in [-0.3, -0.25) is 14.4 Å². The molecule has 0 saturated carbocycles. The van der Waals surface area contributed by atoms with Crippen molar-refractivity contribution < 1.29 is 9.90 Å². The number of aryl methyl sites for hydroxylation is 1. The van der Waals surface area contributed by atoms with Gasteiger partial charge in [-0.05, 0) is 44.4 Å². The fraction of sp³-hybridized carbons (Fsp3) is 0.474. The first-order valence-electron chi connectivity index (χ1n) is 8.75. The summed E-state index contributed by atoms with van der Waals surface area (Å²) in [5.41, 5.74) is 3.12. The molecule has 0 spiro atoms. The second-order valence-corrected chi connectivity index (χ2v) is 7.26. The fourth-order valence-electron chi connectivity index (χ4n) is 3.32. The minimum atomic E-state index is -0.706. The van der Waals surface area contributed by atoms with Gasteiger partial charge >= 0.3 is 0 Å². The number of aromatic nitrogens is 2. The summed E-state index contributed by atoms with van der Waals surface area (Å²) in [7, 11) is 0. The molecule has 2 heterocycles. The second kappa shape index (κ2) is 6.98. The van der Waals surface area contributed by atoms with E-state index in [0.29, 0.717) is 12.1 Å². The molecule has 0 aliphatic carbocycles. The van der Waals surface area contributed by atoms with Crippen molar-refractivity contribution in [3.8, 4) is 0 Å². The molecule has 0 radical (unpaired) electrons. The number of nitrogens with one attached hydrogen (secondary N) is 1. The molecule has 134 valence electrons. The van der Waals surface area contributed by atoms with Crippen molar-refractivity contribution in [1.82, 2.24) is 14.7 Å². The van der Waals surface area contributed by atoms with Crippen LogP contribution in [0.1, 0.15) is 42.3 Å². The molecule has 2 aromatic rings. The minimum absolute atomic E-state index is 0.132. The van der Waals surface area contributed by atoms with Gasteiger partial charge in [0.2, 0.25) is 0 Å². The van der Waals surface area contributed by atoms with Crippen LogP contribution < -0.4 is 5.32 Å². The number of benzene rings is 1. The monoisotopic (exact) mass is 342 g/mol. The lowest BCUT2D eigenvalue weighted by Gasteiger charge is -2.33. The van der Waals surface area contributed by atoms with Crippen LogP contribution in [0, 0.1) is 0 Å². The Hall–Kier alpha value is -2.18. The number of carbonyl (C=O) groups excluding carboxylic acids is 1. The lowest BCUT2D eigenvalue weighted by atomic mass is 9.96. The first-order valence-corrected chi connectivity index (χ1v) is 8.75. The van der Waals surface area contributed by atoms with Crippen molar-refractivity contribution in [3.63, 3.8) is 0 Å². The summed E-state index contributed by atoms with van der Waals surface area (Å²) in [6.45, 7) is 8.69. The van der Waals surface area contributed by atoms with Gasteiger partial charge in [0.25, 0.3) is 5.91 Å². The maximum atomic E-state index is 12.5. The summed E-state index contributed by atoms with van der Waals surface area (Å²) >= 11 is 0. The zero-order chi connectivity index (χ0) is 18.0. The largest absolute Gasteiger partial charge is 0.389 e. The van der Waals surface area contributed by atoms with Crippen molar-refractivity contribution >= 4 is 11.6 Å². The molecule has 25 heavy (non-hydrogen) atoms. The number of hydrogen-bond acceptors (Lipinski definition) is 4. The number of aliphatic hydroxyl groups is 1. The number of amides is 1. The number of hydrogen-bond donors (Lipinski definition) is 2. The van der Waals surface area contributed by atoms with Crippen LogP contribution in [0.25, 0.3) is 0 Å². The molecule has 1 aliphatic heterocycles. The van der Waals surface area contributed by atoms with Gasteiger partial charge in [-0.15, -0.1) is 0 Å². The van der Waals surface area contributed by atoms with Crippen LogP contribution >= 0.6 is 0 Å². The van der Waals surface area contributed by atoms with E-state index in [1.165, 1.54) is 11.1 Å². The summed E-state index contributed by atoms with van der Waals surface area (Å²) < 4.78 is 1.74. The number of nitrogens with zero attached hydrogens (tertiary/aromatic N) is 3. The van der Waals surface area contributed by atoms with E-state index in [9.17, 15) is 9.90 Å². The highest BCUT2D eigenvalue weighted by Gasteiger charge is 2.24. The van der Waals surface area contributed by atoms with Gasteiger partial charge < -0.3 is 10.4 Å².